The topological polar surface area (TPSA) is 21.3 Å². The normalized spacial score (nSPS) is 17.5. The van der Waals surface area contributed by atoms with Crippen LogP contribution in [0.25, 0.3) is 0 Å². The fourth-order valence-electron chi connectivity index (χ4n) is 3.91. The lowest BCUT2D eigenvalue weighted by Crippen LogP contribution is -2.33. The number of methoxy groups -OCH3 is 1. The first-order chi connectivity index (χ1) is 10.1. The van der Waals surface area contributed by atoms with Crippen LogP contribution in [-0.4, -0.2) is 13.7 Å². The summed E-state index contributed by atoms with van der Waals surface area (Å²) < 4.78 is 5.21. The summed E-state index contributed by atoms with van der Waals surface area (Å²) in [5.74, 6) is 0.801. The van der Waals surface area contributed by atoms with E-state index < -0.39 is 0 Å². The molecule has 0 aliphatic heterocycles. The maximum atomic E-state index is 5.21. The molecule has 0 bridgehead atoms. The summed E-state index contributed by atoms with van der Waals surface area (Å²) in [7, 11) is 1.75. The lowest BCUT2D eigenvalue weighted by Gasteiger charge is -2.31. The van der Waals surface area contributed by atoms with E-state index in [1.807, 2.05) is 0 Å². The molecule has 0 spiro atoms. The Hall–Kier alpha value is -0.860. The molecule has 1 aromatic carbocycles. The maximum Gasteiger partial charge on any atom is 0.0713 e. The molecule has 0 amide bonds. The molecule has 1 aromatic rings. The molecule has 1 aliphatic carbocycles. The number of benzene rings is 1. The summed E-state index contributed by atoms with van der Waals surface area (Å²) in [5.41, 5.74) is 3.18. The molecular formula is C19H31NO. The van der Waals surface area contributed by atoms with Gasteiger partial charge in [0.05, 0.1) is 6.61 Å². The van der Waals surface area contributed by atoms with Gasteiger partial charge in [-0.05, 0) is 41.7 Å². The average molecular weight is 289 g/mol. The van der Waals surface area contributed by atoms with Gasteiger partial charge >= 0.3 is 0 Å². The van der Waals surface area contributed by atoms with E-state index in [1.54, 1.807) is 7.11 Å². The number of nitrogens with one attached hydrogen (secondary N) is 1. The Kier molecular flexibility index (Phi) is 6.25. The molecule has 1 fully saturated rings. The third kappa shape index (κ3) is 5.12. The summed E-state index contributed by atoms with van der Waals surface area (Å²) in [6.07, 6.45) is 7.00. The molecule has 0 heterocycles. The molecule has 0 radical (unpaired) electrons. The van der Waals surface area contributed by atoms with Crippen LogP contribution < -0.4 is 5.32 Å². The number of ether oxygens (including phenoxy) is 1. The Labute approximate surface area is 130 Å². The standard InChI is InChI=1S/C19H31NO/c1-16(2)12-19(9-4-5-10-19)15-20-13-17-7-6-8-18(11-17)14-21-3/h6-8,11,16,20H,4-5,9-10,12-15H2,1-3H3. The lowest BCUT2D eigenvalue weighted by atomic mass is 9.78. The van der Waals surface area contributed by atoms with Crippen molar-refractivity contribution in [1.29, 1.82) is 0 Å². The predicted octanol–water partition coefficient (Wildman–Crippen LogP) is 4.53. The highest BCUT2D eigenvalue weighted by Gasteiger charge is 2.33. The monoisotopic (exact) mass is 289 g/mol. The van der Waals surface area contributed by atoms with Gasteiger partial charge in [-0.25, -0.2) is 0 Å². The average Bonchev–Trinajstić information content (AvgIpc) is 2.87. The largest absolute Gasteiger partial charge is 0.380 e. The zero-order chi connectivity index (χ0) is 15.1. The summed E-state index contributed by atoms with van der Waals surface area (Å²) in [6.45, 7) is 7.55. The fraction of sp³-hybridized carbons (Fsp3) is 0.684. The van der Waals surface area contributed by atoms with Gasteiger partial charge in [-0.2, -0.15) is 0 Å². The van der Waals surface area contributed by atoms with E-state index >= 15 is 0 Å². The minimum absolute atomic E-state index is 0.554. The van der Waals surface area contributed by atoms with E-state index in [0.29, 0.717) is 12.0 Å². The molecule has 2 heteroatoms. The molecule has 0 unspecified atom stereocenters. The molecule has 21 heavy (non-hydrogen) atoms. The minimum atomic E-state index is 0.554. The van der Waals surface area contributed by atoms with E-state index in [1.165, 1.54) is 49.8 Å². The van der Waals surface area contributed by atoms with E-state index in [4.69, 9.17) is 4.74 Å². The first kappa shape index (κ1) is 16.5. The van der Waals surface area contributed by atoms with Gasteiger partial charge < -0.3 is 10.1 Å². The Balaban J connectivity index is 1.86. The van der Waals surface area contributed by atoms with E-state index in [9.17, 15) is 0 Å². The van der Waals surface area contributed by atoms with Crippen molar-refractivity contribution in [1.82, 2.24) is 5.32 Å². The Bertz CT molecular complexity index is 421. The smallest absolute Gasteiger partial charge is 0.0713 e. The first-order valence-electron chi connectivity index (χ1n) is 8.41. The van der Waals surface area contributed by atoms with Gasteiger partial charge in [0.25, 0.3) is 0 Å². The van der Waals surface area contributed by atoms with Gasteiger partial charge in [0, 0.05) is 20.2 Å². The molecule has 2 nitrogen and oxygen atoms in total. The highest BCUT2D eigenvalue weighted by Crippen LogP contribution is 2.42. The zero-order valence-electron chi connectivity index (χ0n) is 14.0. The maximum absolute atomic E-state index is 5.21. The second kappa shape index (κ2) is 7.95. The third-order valence-corrected chi connectivity index (χ3v) is 4.64. The van der Waals surface area contributed by atoms with Crippen molar-refractivity contribution in [2.24, 2.45) is 11.3 Å². The first-order valence-corrected chi connectivity index (χ1v) is 8.41. The van der Waals surface area contributed by atoms with Crippen molar-refractivity contribution >= 4 is 0 Å². The van der Waals surface area contributed by atoms with Crippen LogP contribution in [0.15, 0.2) is 24.3 Å². The molecule has 0 saturated heterocycles. The van der Waals surface area contributed by atoms with Crippen LogP contribution in [0.4, 0.5) is 0 Å². The second-order valence-electron chi connectivity index (χ2n) is 7.16. The lowest BCUT2D eigenvalue weighted by molar-refractivity contribution is 0.185. The van der Waals surface area contributed by atoms with Crippen LogP contribution in [0.2, 0.25) is 0 Å². The summed E-state index contributed by atoms with van der Waals surface area (Å²) in [6, 6.07) is 8.71. The van der Waals surface area contributed by atoms with Gasteiger partial charge in [-0.3, -0.25) is 0 Å². The van der Waals surface area contributed by atoms with Gasteiger partial charge in [0.1, 0.15) is 0 Å². The molecule has 2 rings (SSSR count). The van der Waals surface area contributed by atoms with Crippen LogP contribution in [-0.2, 0) is 17.9 Å². The predicted molar refractivity (Wildman–Crippen MR) is 89.2 cm³/mol. The summed E-state index contributed by atoms with van der Waals surface area (Å²) in [5, 5.41) is 3.72. The second-order valence-corrected chi connectivity index (χ2v) is 7.16. The van der Waals surface area contributed by atoms with Crippen LogP contribution >= 0.6 is 0 Å². The van der Waals surface area contributed by atoms with E-state index in [-0.39, 0.29) is 0 Å². The van der Waals surface area contributed by atoms with E-state index in [0.717, 1.165) is 12.5 Å². The van der Waals surface area contributed by atoms with Gasteiger partial charge in [-0.1, -0.05) is 51.0 Å². The Morgan fingerprint density at radius 3 is 2.57 bits per heavy atom. The van der Waals surface area contributed by atoms with Gasteiger partial charge in [-0.15, -0.1) is 0 Å². The number of hydrogen-bond donors (Lipinski definition) is 1. The highest BCUT2D eigenvalue weighted by molar-refractivity contribution is 5.22. The van der Waals surface area contributed by atoms with Crippen LogP contribution in [0.1, 0.15) is 57.1 Å². The van der Waals surface area contributed by atoms with Crippen molar-refractivity contribution in [2.75, 3.05) is 13.7 Å². The molecule has 1 N–H and O–H groups in total. The quantitative estimate of drug-likeness (QED) is 0.759. The molecular weight excluding hydrogens is 258 g/mol. The van der Waals surface area contributed by atoms with E-state index in [2.05, 4.69) is 43.4 Å². The van der Waals surface area contributed by atoms with Crippen molar-refractivity contribution in [2.45, 2.75) is 59.1 Å². The summed E-state index contributed by atoms with van der Waals surface area (Å²) >= 11 is 0. The molecule has 0 aromatic heterocycles. The highest BCUT2D eigenvalue weighted by atomic mass is 16.5. The van der Waals surface area contributed by atoms with Gasteiger partial charge in [0.2, 0.25) is 0 Å². The molecule has 0 atom stereocenters. The Morgan fingerprint density at radius 1 is 1.19 bits per heavy atom. The molecule has 118 valence electrons. The van der Waals surface area contributed by atoms with Crippen molar-refractivity contribution in [3.05, 3.63) is 35.4 Å². The van der Waals surface area contributed by atoms with Crippen LogP contribution in [0.5, 0.6) is 0 Å². The molecule has 1 saturated carbocycles. The van der Waals surface area contributed by atoms with Crippen LogP contribution in [0, 0.1) is 11.3 Å². The number of hydrogen-bond acceptors (Lipinski definition) is 2. The van der Waals surface area contributed by atoms with Gasteiger partial charge in [0.15, 0.2) is 0 Å². The number of rotatable bonds is 8. The molecule has 1 aliphatic rings. The van der Waals surface area contributed by atoms with Crippen molar-refractivity contribution < 1.29 is 4.74 Å². The SMILES string of the molecule is COCc1cccc(CNCC2(CC(C)C)CCCC2)c1. The Morgan fingerprint density at radius 2 is 1.90 bits per heavy atom. The fourth-order valence-corrected chi connectivity index (χ4v) is 3.91. The minimum Gasteiger partial charge on any atom is -0.380 e. The van der Waals surface area contributed by atoms with Crippen molar-refractivity contribution in [3.8, 4) is 0 Å². The van der Waals surface area contributed by atoms with Crippen LogP contribution in [0.3, 0.4) is 0 Å². The third-order valence-electron chi connectivity index (χ3n) is 4.64. The zero-order valence-corrected chi connectivity index (χ0v) is 14.0. The summed E-state index contributed by atoms with van der Waals surface area (Å²) in [4.78, 5) is 0. The van der Waals surface area contributed by atoms with Crippen molar-refractivity contribution in [3.63, 3.8) is 0 Å².